The number of rotatable bonds is 10. The largest absolute Gasteiger partial charge is 0.326 e. The fourth-order valence-corrected chi connectivity index (χ4v) is 2.45. The SMILES string of the molecule is CCN(CC)CCCN(CC)Cc1ccc(CN)cc1. The van der Waals surface area contributed by atoms with Crippen LogP contribution in [-0.2, 0) is 13.1 Å². The quantitative estimate of drug-likeness (QED) is 0.714. The van der Waals surface area contributed by atoms with Gasteiger partial charge in [0.15, 0.2) is 0 Å². The standard InChI is InChI=1S/C17H31N3/c1-4-19(5-2)12-7-13-20(6-3)15-17-10-8-16(14-18)9-11-17/h8-11H,4-7,12-15,18H2,1-3H3. The third-order valence-corrected chi connectivity index (χ3v) is 3.96. The van der Waals surface area contributed by atoms with E-state index >= 15 is 0 Å². The zero-order valence-corrected chi connectivity index (χ0v) is 13.4. The molecule has 114 valence electrons. The second-order valence-electron chi connectivity index (χ2n) is 5.27. The van der Waals surface area contributed by atoms with Crippen LogP contribution in [0.2, 0.25) is 0 Å². The molecule has 0 spiro atoms. The lowest BCUT2D eigenvalue weighted by molar-refractivity contribution is 0.238. The van der Waals surface area contributed by atoms with Crippen molar-refractivity contribution in [1.82, 2.24) is 9.80 Å². The van der Waals surface area contributed by atoms with Crippen LogP contribution in [-0.4, -0.2) is 42.5 Å². The molecule has 0 aliphatic carbocycles. The Morgan fingerprint density at radius 1 is 0.800 bits per heavy atom. The minimum atomic E-state index is 0.627. The molecule has 0 unspecified atom stereocenters. The maximum Gasteiger partial charge on any atom is 0.0233 e. The monoisotopic (exact) mass is 277 g/mol. The molecule has 3 heteroatoms. The van der Waals surface area contributed by atoms with Crippen molar-refractivity contribution in [3.8, 4) is 0 Å². The summed E-state index contributed by atoms with van der Waals surface area (Å²) in [6.45, 7) is 14.2. The molecule has 2 N–H and O–H groups in total. The average Bonchev–Trinajstić information content (AvgIpc) is 2.51. The Hall–Kier alpha value is -0.900. The third kappa shape index (κ3) is 6.04. The first-order chi connectivity index (χ1) is 9.73. The van der Waals surface area contributed by atoms with Gasteiger partial charge in [-0.1, -0.05) is 45.0 Å². The highest BCUT2D eigenvalue weighted by atomic mass is 15.1. The van der Waals surface area contributed by atoms with Crippen LogP contribution in [0.1, 0.15) is 38.3 Å². The van der Waals surface area contributed by atoms with Crippen molar-refractivity contribution in [3.63, 3.8) is 0 Å². The molecular formula is C17H31N3. The third-order valence-electron chi connectivity index (χ3n) is 3.96. The minimum Gasteiger partial charge on any atom is -0.326 e. The first-order valence-electron chi connectivity index (χ1n) is 7.96. The molecule has 0 amide bonds. The van der Waals surface area contributed by atoms with Gasteiger partial charge in [0.2, 0.25) is 0 Å². The lowest BCUT2D eigenvalue weighted by Gasteiger charge is -2.23. The Balaban J connectivity index is 2.38. The van der Waals surface area contributed by atoms with Crippen LogP contribution < -0.4 is 5.73 Å². The lowest BCUT2D eigenvalue weighted by atomic mass is 10.1. The average molecular weight is 277 g/mol. The molecule has 0 aliphatic rings. The normalized spacial score (nSPS) is 11.5. The Labute approximate surface area is 124 Å². The van der Waals surface area contributed by atoms with E-state index < -0.39 is 0 Å². The second kappa shape index (κ2) is 9.92. The summed E-state index contributed by atoms with van der Waals surface area (Å²) in [4.78, 5) is 5.00. The maximum absolute atomic E-state index is 5.63. The summed E-state index contributed by atoms with van der Waals surface area (Å²) >= 11 is 0. The molecule has 0 fully saturated rings. The molecule has 0 aliphatic heterocycles. The van der Waals surface area contributed by atoms with Gasteiger partial charge in [-0.05, 0) is 50.3 Å². The van der Waals surface area contributed by atoms with E-state index in [1.807, 2.05) is 0 Å². The van der Waals surface area contributed by atoms with E-state index in [0.717, 1.165) is 26.2 Å². The highest BCUT2D eigenvalue weighted by molar-refractivity contribution is 5.22. The van der Waals surface area contributed by atoms with Crippen molar-refractivity contribution in [2.45, 2.75) is 40.3 Å². The van der Waals surface area contributed by atoms with E-state index in [1.54, 1.807) is 0 Å². The van der Waals surface area contributed by atoms with Gasteiger partial charge >= 0.3 is 0 Å². The Morgan fingerprint density at radius 2 is 1.30 bits per heavy atom. The van der Waals surface area contributed by atoms with Crippen LogP contribution in [0, 0.1) is 0 Å². The maximum atomic E-state index is 5.63. The van der Waals surface area contributed by atoms with Crippen LogP contribution in [0.3, 0.4) is 0 Å². The van der Waals surface area contributed by atoms with Crippen LogP contribution >= 0.6 is 0 Å². The van der Waals surface area contributed by atoms with Crippen molar-refractivity contribution >= 4 is 0 Å². The molecule has 0 atom stereocenters. The summed E-state index contributed by atoms with van der Waals surface area (Å²) in [5.74, 6) is 0. The van der Waals surface area contributed by atoms with Crippen LogP contribution in [0.4, 0.5) is 0 Å². The molecule has 0 bridgehead atoms. The first-order valence-corrected chi connectivity index (χ1v) is 7.96. The topological polar surface area (TPSA) is 32.5 Å². The van der Waals surface area contributed by atoms with Crippen LogP contribution in [0.5, 0.6) is 0 Å². The highest BCUT2D eigenvalue weighted by Crippen LogP contribution is 2.08. The van der Waals surface area contributed by atoms with Gasteiger partial charge in [0.1, 0.15) is 0 Å². The Bertz CT molecular complexity index is 344. The molecule has 0 aromatic heterocycles. The summed E-state index contributed by atoms with van der Waals surface area (Å²) < 4.78 is 0. The van der Waals surface area contributed by atoms with Gasteiger partial charge in [0, 0.05) is 13.1 Å². The van der Waals surface area contributed by atoms with Crippen LogP contribution in [0.25, 0.3) is 0 Å². The zero-order valence-electron chi connectivity index (χ0n) is 13.4. The van der Waals surface area contributed by atoms with Gasteiger partial charge in [-0.15, -0.1) is 0 Å². The van der Waals surface area contributed by atoms with Gasteiger partial charge < -0.3 is 10.6 Å². The molecule has 0 heterocycles. The van der Waals surface area contributed by atoms with Crippen LogP contribution in [0.15, 0.2) is 24.3 Å². The molecular weight excluding hydrogens is 246 g/mol. The molecule has 0 saturated carbocycles. The summed E-state index contributed by atoms with van der Waals surface area (Å²) in [5.41, 5.74) is 8.22. The van der Waals surface area contributed by atoms with Crippen molar-refractivity contribution in [2.24, 2.45) is 5.73 Å². The van der Waals surface area contributed by atoms with E-state index in [9.17, 15) is 0 Å². The van der Waals surface area contributed by atoms with Crippen molar-refractivity contribution in [3.05, 3.63) is 35.4 Å². The molecule has 1 aromatic rings. The fraction of sp³-hybridized carbons (Fsp3) is 0.647. The number of nitrogens with zero attached hydrogens (tertiary/aromatic N) is 2. The number of hydrogen-bond acceptors (Lipinski definition) is 3. The van der Waals surface area contributed by atoms with E-state index in [0.29, 0.717) is 6.54 Å². The predicted molar refractivity (Wildman–Crippen MR) is 87.7 cm³/mol. The summed E-state index contributed by atoms with van der Waals surface area (Å²) in [6.07, 6.45) is 1.25. The molecule has 1 aromatic carbocycles. The lowest BCUT2D eigenvalue weighted by Crippen LogP contribution is -2.29. The zero-order chi connectivity index (χ0) is 14.8. The van der Waals surface area contributed by atoms with Gasteiger partial charge in [-0.25, -0.2) is 0 Å². The Morgan fingerprint density at radius 3 is 1.80 bits per heavy atom. The van der Waals surface area contributed by atoms with E-state index in [4.69, 9.17) is 5.73 Å². The number of nitrogens with two attached hydrogens (primary N) is 1. The summed E-state index contributed by atoms with van der Waals surface area (Å²) in [7, 11) is 0. The molecule has 1 rings (SSSR count). The second-order valence-corrected chi connectivity index (χ2v) is 5.27. The van der Waals surface area contributed by atoms with E-state index in [-0.39, 0.29) is 0 Å². The summed E-state index contributed by atoms with van der Waals surface area (Å²) in [6, 6.07) is 8.68. The van der Waals surface area contributed by atoms with Gasteiger partial charge in [-0.3, -0.25) is 4.90 Å². The smallest absolute Gasteiger partial charge is 0.0233 e. The predicted octanol–water partition coefficient (Wildman–Crippen LogP) is 2.70. The van der Waals surface area contributed by atoms with Crippen molar-refractivity contribution in [1.29, 1.82) is 0 Å². The van der Waals surface area contributed by atoms with Gasteiger partial charge in [0.05, 0.1) is 0 Å². The first kappa shape index (κ1) is 17.2. The molecule has 3 nitrogen and oxygen atoms in total. The minimum absolute atomic E-state index is 0.627. The van der Waals surface area contributed by atoms with E-state index in [1.165, 1.54) is 30.6 Å². The van der Waals surface area contributed by atoms with Gasteiger partial charge in [0.25, 0.3) is 0 Å². The number of benzene rings is 1. The molecule has 0 saturated heterocycles. The molecule has 0 radical (unpaired) electrons. The van der Waals surface area contributed by atoms with E-state index in [2.05, 4.69) is 54.8 Å². The van der Waals surface area contributed by atoms with Gasteiger partial charge in [-0.2, -0.15) is 0 Å². The van der Waals surface area contributed by atoms with Crippen molar-refractivity contribution < 1.29 is 0 Å². The Kier molecular flexibility index (Phi) is 8.51. The summed E-state index contributed by atoms with van der Waals surface area (Å²) in [5, 5.41) is 0. The number of hydrogen-bond donors (Lipinski definition) is 1. The highest BCUT2D eigenvalue weighted by Gasteiger charge is 2.05. The fourth-order valence-electron chi connectivity index (χ4n) is 2.45. The van der Waals surface area contributed by atoms with Crippen molar-refractivity contribution in [2.75, 3.05) is 32.7 Å². The molecule has 20 heavy (non-hydrogen) atoms.